The molecular formula is C10H18O. The first kappa shape index (κ1) is 7.60. The van der Waals surface area contributed by atoms with E-state index in [1.165, 1.54) is 19.3 Å². The smallest absolute Gasteiger partial charge is 0.0596 e. The van der Waals surface area contributed by atoms with Crippen molar-refractivity contribution in [2.24, 2.45) is 17.3 Å². The Kier molecular flexibility index (Phi) is 1.54. The number of hydrogen-bond acceptors (Lipinski definition) is 1. The van der Waals surface area contributed by atoms with Crippen LogP contribution in [0, 0.1) is 17.3 Å². The fraction of sp³-hybridized carbons (Fsp3) is 1.00. The summed E-state index contributed by atoms with van der Waals surface area (Å²) in [5.74, 6) is 1.68. The van der Waals surface area contributed by atoms with Gasteiger partial charge in [-0.25, -0.2) is 0 Å². The molecule has 3 aliphatic carbocycles. The number of aliphatic hydroxyl groups excluding tert-OH is 1. The molecule has 64 valence electrons. The maximum absolute atomic E-state index is 9.78. The summed E-state index contributed by atoms with van der Waals surface area (Å²) in [6, 6.07) is 0. The van der Waals surface area contributed by atoms with Crippen molar-refractivity contribution in [2.75, 3.05) is 0 Å². The minimum atomic E-state index is -0.00236. The van der Waals surface area contributed by atoms with E-state index in [0.717, 1.165) is 18.3 Å². The molecule has 3 aliphatic rings. The first-order valence-electron chi connectivity index (χ1n) is 4.80. The summed E-state index contributed by atoms with van der Waals surface area (Å²) in [7, 11) is 0. The molecule has 2 bridgehead atoms. The Balaban J connectivity index is 2.19. The quantitative estimate of drug-likeness (QED) is 0.567. The van der Waals surface area contributed by atoms with Crippen LogP contribution in [0.25, 0.3) is 0 Å². The summed E-state index contributed by atoms with van der Waals surface area (Å²) in [5, 5.41) is 9.78. The van der Waals surface area contributed by atoms with Crippen molar-refractivity contribution in [2.45, 2.75) is 45.6 Å². The molecule has 3 rings (SSSR count). The molecule has 0 spiro atoms. The van der Waals surface area contributed by atoms with Gasteiger partial charge in [-0.1, -0.05) is 13.8 Å². The third-order valence-corrected chi connectivity index (χ3v) is 4.01. The summed E-state index contributed by atoms with van der Waals surface area (Å²) in [6.07, 6.45) is 4.92. The van der Waals surface area contributed by atoms with E-state index in [0.29, 0.717) is 0 Å². The fourth-order valence-corrected chi connectivity index (χ4v) is 3.03. The van der Waals surface area contributed by atoms with E-state index >= 15 is 0 Å². The van der Waals surface area contributed by atoms with Crippen LogP contribution >= 0.6 is 0 Å². The fourth-order valence-electron chi connectivity index (χ4n) is 3.03. The Morgan fingerprint density at radius 1 is 1.45 bits per heavy atom. The van der Waals surface area contributed by atoms with Crippen LogP contribution < -0.4 is 0 Å². The van der Waals surface area contributed by atoms with E-state index in [9.17, 15) is 5.11 Å². The second kappa shape index (κ2) is 2.22. The first-order valence-corrected chi connectivity index (χ1v) is 4.80. The summed E-state index contributed by atoms with van der Waals surface area (Å²) in [4.78, 5) is 0. The highest BCUT2D eigenvalue weighted by Gasteiger charge is 2.46. The molecule has 0 amide bonds. The largest absolute Gasteiger partial charge is 0.393 e. The van der Waals surface area contributed by atoms with Gasteiger partial charge in [0.25, 0.3) is 0 Å². The van der Waals surface area contributed by atoms with Crippen LogP contribution in [0.15, 0.2) is 0 Å². The summed E-state index contributed by atoms with van der Waals surface area (Å²) >= 11 is 0. The van der Waals surface area contributed by atoms with Gasteiger partial charge in [-0.15, -0.1) is 0 Å². The van der Waals surface area contributed by atoms with Crippen LogP contribution in [0.4, 0.5) is 0 Å². The lowest BCUT2D eigenvalue weighted by Crippen LogP contribution is -2.47. The van der Waals surface area contributed by atoms with E-state index in [2.05, 4.69) is 13.8 Å². The van der Waals surface area contributed by atoms with Gasteiger partial charge in [0.15, 0.2) is 0 Å². The zero-order valence-corrected chi connectivity index (χ0v) is 7.51. The van der Waals surface area contributed by atoms with Crippen molar-refractivity contribution < 1.29 is 5.11 Å². The van der Waals surface area contributed by atoms with Crippen LogP contribution in [0.5, 0.6) is 0 Å². The Morgan fingerprint density at radius 2 is 2.18 bits per heavy atom. The predicted molar refractivity (Wildman–Crippen MR) is 45.2 cm³/mol. The molecule has 4 atom stereocenters. The number of aliphatic hydroxyl groups is 1. The third kappa shape index (κ3) is 1.01. The lowest BCUT2D eigenvalue weighted by molar-refractivity contribution is -0.0881. The van der Waals surface area contributed by atoms with Gasteiger partial charge in [-0.3, -0.25) is 0 Å². The second-order valence-electron chi connectivity index (χ2n) is 4.89. The maximum Gasteiger partial charge on any atom is 0.0596 e. The molecule has 1 nitrogen and oxygen atoms in total. The standard InChI is InChI=1S/C10H18O/c1-7-6-10(2)4-3-8(7)5-9(10)11/h7-9,11H,3-6H2,1-2H3. The molecule has 3 saturated carbocycles. The van der Waals surface area contributed by atoms with E-state index in [1.807, 2.05) is 0 Å². The van der Waals surface area contributed by atoms with Gasteiger partial charge in [-0.2, -0.15) is 0 Å². The van der Waals surface area contributed by atoms with Gasteiger partial charge in [0, 0.05) is 0 Å². The van der Waals surface area contributed by atoms with Gasteiger partial charge in [-0.05, 0) is 42.9 Å². The molecule has 3 fully saturated rings. The Hall–Kier alpha value is -0.0400. The first-order chi connectivity index (χ1) is 5.12. The lowest BCUT2D eigenvalue weighted by atomic mass is 9.56. The topological polar surface area (TPSA) is 20.2 Å². The zero-order chi connectivity index (χ0) is 8.06. The van der Waals surface area contributed by atoms with Crippen molar-refractivity contribution in [3.8, 4) is 0 Å². The number of rotatable bonds is 0. The normalized spacial score (nSPS) is 56.5. The highest BCUT2D eigenvalue weighted by Crippen LogP contribution is 2.52. The second-order valence-corrected chi connectivity index (χ2v) is 4.89. The van der Waals surface area contributed by atoms with Crippen molar-refractivity contribution in [3.63, 3.8) is 0 Å². The van der Waals surface area contributed by atoms with Gasteiger partial charge in [0.2, 0.25) is 0 Å². The van der Waals surface area contributed by atoms with Crippen molar-refractivity contribution in [3.05, 3.63) is 0 Å². The van der Waals surface area contributed by atoms with E-state index in [4.69, 9.17) is 0 Å². The minimum absolute atomic E-state index is 0.00236. The molecule has 4 unspecified atom stereocenters. The molecule has 0 aromatic heterocycles. The molecule has 0 aromatic rings. The number of fused-ring (bicyclic) bond motifs is 3. The average molecular weight is 154 g/mol. The molecule has 0 aromatic carbocycles. The highest BCUT2D eigenvalue weighted by molar-refractivity contribution is 4.97. The van der Waals surface area contributed by atoms with E-state index < -0.39 is 0 Å². The molecule has 0 heterocycles. The van der Waals surface area contributed by atoms with Gasteiger partial charge < -0.3 is 5.11 Å². The predicted octanol–water partition coefficient (Wildman–Crippen LogP) is 2.19. The summed E-state index contributed by atoms with van der Waals surface area (Å²) in [5.41, 5.74) is 0.272. The van der Waals surface area contributed by atoms with E-state index in [-0.39, 0.29) is 11.5 Å². The van der Waals surface area contributed by atoms with E-state index in [1.54, 1.807) is 0 Å². The Labute approximate surface area is 68.8 Å². The lowest BCUT2D eigenvalue weighted by Gasteiger charge is -2.51. The molecule has 0 aliphatic heterocycles. The van der Waals surface area contributed by atoms with Gasteiger partial charge >= 0.3 is 0 Å². The van der Waals surface area contributed by atoms with Crippen LogP contribution in [0.3, 0.4) is 0 Å². The van der Waals surface area contributed by atoms with Crippen molar-refractivity contribution >= 4 is 0 Å². The molecule has 0 radical (unpaired) electrons. The van der Waals surface area contributed by atoms with Crippen LogP contribution in [0.2, 0.25) is 0 Å². The molecule has 11 heavy (non-hydrogen) atoms. The summed E-state index contributed by atoms with van der Waals surface area (Å²) in [6.45, 7) is 4.59. The average Bonchev–Trinajstić information content (AvgIpc) is 1.92. The molecule has 1 heteroatoms. The number of hydrogen-bond donors (Lipinski definition) is 1. The van der Waals surface area contributed by atoms with Crippen molar-refractivity contribution in [1.82, 2.24) is 0 Å². The van der Waals surface area contributed by atoms with Crippen molar-refractivity contribution in [1.29, 1.82) is 0 Å². The van der Waals surface area contributed by atoms with Gasteiger partial charge in [0.1, 0.15) is 0 Å². The van der Waals surface area contributed by atoms with Gasteiger partial charge in [0.05, 0.1) is 6.10 Å². The zero-order valence-electron chi connectivity index (χ0n) is 7.51. The molecular weight excluding hydrogens is 136 g/mol. The SMILES string of the molecule is CC1CC2(C)CCC1CC2O. The Bertz CT molecular complexity index is 166. The minimum Gasteiger partial charge on any atom is -0.393 e. The summed E-state index contributed by atoms with van der Waals surface area (Å²) < 4.78 is 0. The third-order valence-electron chi connectivity index (χ3n) is 4.01. The monoisotopic (exact) mass is 154 g/mol. The highest BCUT2D eigenvalue weighted by atomic mass is 16.3. The Morgan fingerprint density at radius 3 is 2.55 bits per heavy atom. The molecule has 0 saturated heterocycles. The molecule has 1 N–H and O–H groups in total. The van der Waals surface area contributed by atoms with Crippen LogP contribution in [0.1, 0.15) is 39.5 Å². The van der Waals surface area contributed by atoms with Crippen LogP contribution in [-0.4, -0.2) is 11.2 Å². The van der Waals surface area contributed by atoms with Crippen LogP contribution in [-0.2, 0) is 0 Å². The maximum atomic E-state index is 9.78.